The average molecular weight is 268 g/mol. The summed E-state index contributed by atoms with van der Waals surface area (Å²) in [6.07, 6.45) is 3.56. The highest BCUT2D eigenvalue weighted by Crippen LogP contribution is 2.14. The molecule has 20 heavy (non-hydrogen) atoms. The molecular weight excluding hydrogens is 248 g/mol. The molecule has 0 radical (unpaired) electrons. The summed E-state index contributed by atoms with van der Waals surface area (Å²) in [5, 5.41) is 3.46. The van der Waals surface area contributed by atoms with Gasteiger partial charge in [-0.3, -0.25) is 4.98 Å². The first kappa shape index (κ1) is 14.3. The van der Waals surface area contributed by atoms with Crippen molar-refractivity contribution in [3.63, 3.8) is 0 Å². The molecule has 0 unspecified atom stereocenters. The van der Waals surface area contributed by atoms with Gasteiger partial charge in [0.1, 0.15) is 12.4 Å². The molecule has 0 aliphatic heterocycles. The van der Waals surface area contributed by atoms with Gasteiger partial charge in [0.25, 0.3) is 0 Å². The smallest absolute Gasteiger partial charge is 0.119 e. The fourth-order valence-electron chi connectivity index (χ4n) is 1.87. The molecule has 0 spiro atoms. The molecule has 1 aromatic carbocycles. The normalized spacial score (nSPS) is 11.8. The summed E-state index contributed by atoms with van der Waals surface area (Å²) >= 11 is 0. The van der Waals surface area contributed by atoms with E-state index in [0.29, 0.717) is 6.61 Å². The number of rotatable bonds is 7. The Balaban J connectivity index is 1.86. The van der Waals surface area contributed by atoms with Crippen LogP contribution in [0.15, 0.2) is 61.3 Å². The van der Waals surface area contributed by atoms with Crippen LogP contribution < -0.4 is 10.1 Å². The molecule has 1 N–H and O–H groups in total. The lowest BCUT2D eigenvalue weighted by molar-refractivity contribution is 0.363. The molecule has 0 amide bonds. The lowest BCUT2D eigenvalue weighted by Gasteiger charge is -2.13. The number of ether oxygens (including phenoxy) is 1. The van der Waals surface area contributed by atoms with Gasteiger partial charge in [-0.2, -0.15) is 0 Å². The Labute approximate surface area is 120 Å². The van der Waals surface area contributed by atoms with Gasteiger partial charge in [-0.25, -0.2) is 0 Å². The van der Waals surface area contributed by atoms with E-state index in [9.17, 15) is 0 Å². The number of pyridine rings is 1. The van der Waals surface area contributed by atoms with Crippen LogP contribution in [0.4, 0.5) is 0 Å². The minimum absolute atomic E-state index is 0.230. The van der Waals surface area contributed by atoms with Crippen molar-refractivity contribution in [3.05, 3.63) is 72.6 Å². The lowest BCUT2D eigenvalue weighted by Crippen LogP contribution is -2.18. The van der Waals surface area contributed by atoms with Gasteiger partial charge >= 0.3 is 0 Å². The Morgan fingerprint density at radius 3 is 2.70 bits per heavy atom. The number of hydrogen-bond donors (Lipinski definition) is 1. The van der Waals surface area contributed by atoms with E-state index in [1.165, 1.54) is 5.56 Å². The van der Waals surface area contributed by atoms with Gasteiger partial charge in [0.05, 0.1) is 5.69 Å². The van der Waals surface area contributed by atoms with Gasteiger partial charge in [0.15, 0.2) is 0 Å². The van der Waals surface area contributed by atoms with E-state index >= 15 is 0 Å². The molecular formula is C17H20N2O. The molecule has 3 heteroatoms. The van der Waals surface area contributed by atoms with Gasteiger partial charge in [0.2, 0.25) is 0 Å². The van der Waals surface area contributed by atoms with E-state index < -0.39 is 0 Å². The maximum atomic E-state index is 5.46. The zero-order chi connectivity index (χ0) is 14.2. The summed E-state index contributed by atoms with van der Waals surface area (Å²) < 4.78 is 5.46. The van der Waals surface area contributed by atoms with Crippen LogP contribution in [0, 0.1) is 0 Å². The molecule has 1 heterocycles. The molecule has 0 saturated heterocycles. The van der Waals surface area contributed by atoms with Crippen LogP contribution in [0.1, 0.15) is 24.2 Å². The van der Waals surface area contributed by atoms with Gasteiger partial charge < -0.3 is 10.1 Å². The fraction of sp³-hybridized carbons (Fsp3) is 0.235. The van der Waals surface area contributed by atoms with E-state index in [0.717, 1.165) is 18.0 Å². The quantitative estimate of drug-likeness (QED) is 0.780. The first-order valence-corrected chi connectivity index (χ1v) is 6.76. The Morgan fingerprint density at radius 2 is 2.05 bits per heavy atom. The molecule has 0 saturated carbocycles. The summed E-state index contributed by atoms with van der Waals surface area (Å²) in [5.74, 6) is 0.867. The van der Waals surface area contributed by atoms with E-state index in [-0.39, 0.29) is 6.04 Å². The Bertz CT molecular complexity index is 522. The van der Waals surface area contributed by atoms with Crippen molar-refractivity contribution in [3.8, 4) is 5.75 Å². The highest BCUT2D eigenvalue weighted by molar-refractivity contribution is 5.27. The monoisotopic (exact) mass is 268 g/mol. The third-order valence-corrected chi connectivity index (χ3v) is 3.03. The Kier molecular flexibility index (Phi) is 5.33. The third kappa shape index (κ3) is 4.21. The summed E-state index contributed by atoms with van der Waals surface area (Å²) in [5.41, 5.74) is 2.28. The van der Waals surface area contributed by atoms with Crippen molar-refractivity contribution in [2.45, 2.75) is 19.5 Å². The second-order valence-corrected chi connectivity index (χ2v) is 4.60. The molecule has 0 fully saturated rings. The average Bonchev–Trinajstić information content (AvgIpc) is 2.52. The van der Waals surface area contributed by atoms with Crippen LogP contribution in [0.2, 0.25) is 0 Å². The molecule has 0 aliphatic rings. The molecule has 0 bridgehead atoms. The van der Waals surface area contributed by atoms with Crippen molar-refractivity contribution >= 4 is 0 Å². The molecule has 0 aliphatic carbocycles. The SMILES string of the molecule is C=CCOc1ccc(CN[C@@H](C)c2ccccn2)cc1. The number of benzene rings is 1. The third-order valence-electron chi connectivity index (χ3n) is 3.03. The van der Waals surface area contributed by atoms with E-state index in [1.54, 1.807) is 6.08 Å². The minimum Gasteiger partial charge on any atom is -0.490 e. The van der Waals surface area contributed by atoms with Crippen molar-refractivity contribution in [1.82, 2.24) is 10.3 Å². The Hall–Kier alpha value is -2.13. The van der Waals surface area contributed by atoms with Gasteiger partial charge in [-0.1, -0.05) is 30.9 Å². The maximum absolute atomic E-state index is 5.46. The van der Waals surface area contributed by atoms with Crippen LogP contribution in [-0.2, 0) is 6.54 Å². The highest BCUT2D eigenvalue weighted by atomic mass is 16.5. The number of hydrogen-bond acceptors (Lipinski definition) is 3. The van der Waals surface area contributed by atoms with Crippen LogP contribution in [0.25, 0.3) is 0 Å². The molecule has 104 valence electrons. The predicted octanol–water partition coefficient (Wildman–Crippen LogP) is 3.50. The summed E-state index contributed by atoms with van der Waals surface area (Å²) in [6, 6.07) is 14.3. The van der Waals surface area contributed by atoms with Crippen molar-refractivity contribution < 1.29 is 4.74 Å². The van der Waals surface area contributed by atoms with Crippen molar-refractivity contribution in [2.24, 2.45) is 0 Å². The topological polar surface area (TPSA) is 34.1 Å². The standard InChI is InChI=1S/C17H20N2O/c1-3-12-20-16-9-7-15(8-10-16)13-19-14(2)17-6-4-5-11-18-17/h3-11,14,19H,1,12-13H2,2H3/t14-/m0/s1. The first-order chi connectivity index (χ1) is 9.79. The van der Waals surface area contributed by atoms with E-state index in [2.05, 4.69) is 35.9 Å². The molecule has 3 nitrogen and oxygen atoms in total. The van der Waals surface area contributed by atoms with Crippen LogP contribution in [-0.4, -0.2) is 11.6 Å². The Morgan fingerprint density at radius 1 is 1.25 bits per heavy atom. The molecule has 2 aromatic rings. The number of aromatic nitrogens is 1. The number of nitrogens with one attached hydrogen (secondary N) is 1. The first-order valence-electron chi connectivity index (χ1n) is 6.76. The van der Waals surface area contributed by atoms with Crippen molar-refractivity contribution in [2.75, 3.05) is 6.61 Å². The van der Waals surface area contributed by atoms with Gasteiger partial charge in [-0.05, 0) is 36.8 Å². The molecule has 2 rings (SSSR count). The molecule has 1 aromatic heterocycles. The maximum Gasteiger partial charge on any atom is 0.119 e. The summed E-state index contributed by atoms with van der Waals surface area (Å²) in [7, 11) is 0. The van der Waals surface area contributed by atoms with Gasteiger partial charge in [-0.15, -0.1) is 0 Å². The largest absolute Gasteiger partial charge is 0.490 e. The summed E-state index contributed by atoms with van der Waals surface area (Å²) in [4.78, 5) is 4.35. The summed E-state index contributed by atoms with van der Waals surface area (Å²) in [6.45, 7) is 7.09. The van der Waals surface area contributed by atoms with E-state index in [1.807, 2.05) is 36.5 Å². The second kappa shape index (κ2) is 7.46. The van der Waals surface area contributed by atoms with Crippen LogP contribution in [0.3, 0.4) is 0 Å². The van der Waals surface area contributed by atoms with Crippen LogP contribution >= 0.6 is 0 Å². The zero-order valence-electron chi connectivity index (χ0n) is 11.8. The predicted molar refractivity (Wildman–Crippen MR) is 81.6 cm³/mol. The zero-order valence-corrected chi connectivity index (χ0v) is 11.8. The lowest BCUT2D eigenvalue weighted by atomic mass is 10.1. The van der Waals surface area contributed by atoms with Crippen LogP contribution in [0.5, 0.6) is 5.75 Å². The van der Waals surface area contributed by atoms with Crippen molar-refractivity contribution in [1.29, 1.82) is 0 Å². The van der Waals surface area contributed by atoms with E-state index in [4.69, 9.17) is 4.74 Å². The van der Waals surface area contributed by atoms with Gasteiger partial charge in [0, 0.05) is 18.8 Å². The highest BCUT2D eigenvalue weighted by Gasteiger charge is 2.05. The second-order valence-electron chi connectivity index (χ2n) is 4.60. The number of nitrogens with zero attached hydrogens (tertiary/aromatic N) is 1. The fourth-order valence-corrected chi connectivity index (χ4v) is 1.87. The molecule has 1 atom stereocenters. The minimum atomic E-state index is 0.230.